The van der Waals surface area contributed by atoms with Gasteiger partial charge in [0.25, 0.3) is 0 Å². The maximum atomic E-state index is 12.5. The summed E-state index contributed by atoms with van der Waals surface area (Å²) in [5.41, 5.74) is 30.0. The molecule has 3 amide bonds. The maximum Gasteiger partial charge on any atom is 0.242 e. The van der Waals surface area contributed by atoms with Crippen molar-refractivity contribution in [1.82, 2.24) is 16.0 Å². The topological polar surface area (TPSA) is 200 Å². The predicted octanol–water partition coefficient (Wildman–Crippen LogP) is 2.37. The van der Waals surface area contributed by atoms with E-state index in [-0.39, 0.29) is 199 Å². The van der Waals surface area contributed by atoms with Crippen LogP contribution in [0.2, 0.25) is 0 Å². The minimum atomic E-state index is -1.01. The number of Topliss-reactive ketones (excluding diaryl/α,β-unsaturated/α-hetero) is 1. The Balaban J connectivity index is -0.000000853. The normalized spacial score (nSPS) is 12.1. The van der Waals surface area contributed by atoms with Crippen LogP contribution in [-0.4, -0.2) is 171 Å². The van der Waals surface area contributed by atoms with Crippen LogP contribution in [0.25, 0.3) is 22.9 Å². The summed E-state index contributed by atoms with van der Waals surface area (Å²) in [6.45, 7) is 2.50. The number of carbonyl (C=O) groups is 4. The summed E-state index contributed by atoms with van der Waals surface area (Å²) in [5.74, 6) is -1.35. The molecule has 0 unspecified atom stereocenters. The summed E-state index contributed by atoms with van der Waals surface area (Å²) in [4.78, 5) is 47.8. The molecule has 0 aliphatic heterocycles. The van der Waals surface area contributed by atoms with Crippen LogP contribution in [0.1, 0.15) is 71.1 Å². The summed E-state index contributed by atoms with van der Waals surface area (Å²) in [5, 5.41) is 7.97. The van der Waals surface area contributed by atoms with Crippen LogP contribution in [0, 0.1) is 0 Å². The number of ketones is 1. The van der Waals surface area contributed by atoms with Gasteiger partial charge >= 0.3 is 0 Å². The van der Waals surface area contributed by atoms with Crippen molar-refractivity contribution in [3.05, 3.63) is 22.9 Å². The van der Waals surface area contributed by atoms with Crippen molar-refractivity contribution in [1.29, 1.82) is 0 Å². The van der Waals surface area contributed by atoms with Gasteiger partial charge in [-0.25, -0.2) is 0 Å². The largest absolute Gasteiger partial charge is 0.677 e. The van der Waals surface area contributed by atoms with Gasteiger partial charge in [-0.2, -0.15) is 13.1 Å². The van der Waals surface area contributed by atoms with E-state index in [2.05, 4.69) is 16.0 Å². The first kappa shape index (κ1) is 50.0. The number of nitrogens with one attached hydrogen (secondary N) is 7. The van der Waals surface area contributed by atoms with Gasteiger partial charge in [-0.3, -0.25) is 19.2 Å². The van der Waals surface area contributed by atoms with Crippen molar-refractivity contribution in [3.8, 4) is 0 Å². The molecule has 0 bridgehead atoms. The average Bonchev–Trinajstić information content (AvgIpc) is 2.77. The van der Waals surface area contributed by atoms with E-state index >= 15 is 0 Å². The molecule has 37 heavy (non-hydrogen) atoms. The predicted molar refractivity (Wildman–Crippen MR) is 141 cm³/mol. The van der Waals surface area contributed by atoms with E-state index in [1.807, 2.05) is 0 Å². The Kier molecular flexibility index (Phi) is 45.8. The molecule has 0 fully saturated rings. The quantitative estimate of drug-likeness (QED) is 0.128. The summed E-state index contributed by atoms with van der Waals surface area (Å²) in [6.07, 6.45) is 4.93. The van der Waals surface area contributed by atoms with Crippen molar-refractivity contribution in [3.63, 3.8) is 0 Å². The number of rotatable bonds is 20. The molecule has 0 heterocycles. The van der Waals surface area contributed by atoms with Gasteiger partial charge in [-0.15, -0.1) is 0 Å². The van der Waals surface area contributed by atoms with Crippen molar-refractivity contribution < 1.29 is 84.6 Å². The Morgan fingerprint density at radius 3 is 1.59 bits per heavy atom. The first-order chi connectivity index (χ1) is 15.7. The molecular weight excluding hydrogens is 682 g/mol. The van der Waals surface area contributed by atoms with E-state index in [0.29, 0.717) is 70.9 Å². The monoisotopic (exact) mass is 723 g/mol. The van der Waals surface area contributed by atoms with E-state index in [1.54, 1.807) is 0 Å². The Morgan fingerprint density at radius 1 is 0.649 bits per heavy atom. The summed E-state index contributed by atoms with van der Waals surface area (Å²) < 4.78 is 0. The van der Waals surface area contributed by atoms with Gasteiger partial charge in [-0.1, -0.05) is 50.6 Å². The third-order valence-electron chi connectivity index (χ3n) is 5.10. The molecule has 0 aromatic carbocycles. The van der Waals surface area contributed by atoms with E-state index < -0.39 is 29.9 Å². The van der Waals surface area contributed by atoms with Crippen molar-refractivity contribution in [2.24, 2.45) is 0 Å². The Morgan fingerprint density at radius 2 is 1.11 bits per heavy atom. The molecule has 0 aromatic heterocycles. The number of carbonyl (C=O) groups excluding carboxylic acids is 4. The molecule has 0 aromatic rings. The van der Waals surface area contributed by atoms with Crippen LogP contribution in [0.3, 0.4) is 0 Å². The van der Waals surface area contributed by atoms with Gasteiger partial charge in [0.2, 0.25) is 17.7 Å². The molecular formula is C22H41K2N7O4Y2-4. The van der Waals surface area contributed by atoms with Crippen molar-refractivity contribution in [2.75, 3.05) is 26.2 Å². The number of hydrogen-bond acceptors (Lipinski definition) is 4. The molecule has 200 valence electrons. The average molecular weight is 724 g/mol. The van der Waals surface area contributed by atoms with E-state index in [1.165, 1.54) is 6.92 Å². The fourth-order valence-electron chi connectivity index (χ4n) is 3.04. The number of unbranched alkanes of at least 4 members (excludes halogenated alkanes) is 3. The van der Waals surface area contributed by atoms with Gasteiger partial charge < -0.3 is 38.9 Å². The van der Waals surface area contributed by atoms with Crippen molar-refractivity contribution >= 4 is 126 Å². The van der Waals surface area contributed by atoms with E-state index in [9.17, 15) is 19.2 Å². The first-order valence-corrected chi connectivity index (χ1v) is 11.8. The Hall–Kier alpha value is 3.40. The Bertz CT molecular complexity index is 611. The van der Waals surface area contributed by atoms with Gasteiger partial charge in [-0.05, 0) is 26.2 Å². The molecule has 0 aliphatic rings. The fraction of sp³-hybridized carbons (Fsp3) is 0.818. The van der Waals surface area contributed by atoms with E-state index in [0.717, 1.165) is 0 Å². The van der Waals surface area contributed by atoms with Crippen LogP contribution < -0.4 is 16.0 Å². The minimum absolute atomic E-state index is 0. The zero-order valence-electron chi connectivity index (χ0n) is 22.9. The molecule has 0 saturated carbocycles. The van der Waals surface area contributed by atoms with Crippen LogP contribution in [-0.2, 0) is 84.6 Å². The molecule has 0 saturated heterocycles. The van der Waals surface area contributed by atoms with Gasteiger partial charge in [0.15, 0.2) is 0 Å². The number of hydrogen-bond donors (Lipinski definition) is 3. The Labute approximate surface area is 358 Å². The number of amides is 3. The minimum Gasteiger partial charge on any atom is -0.677 e. The molecule has 15 heteroatoms. The molecule has 0 rings (SSSR count). The SMILES string of the molecule is CC(=O)CCNC(=O)[C@H](CCCCNC(=O)[C@@H]([NH-])CCCC[NH-])NC(=O)[C@@H]([NH-])CCCC[NH-].[K].[K].[Y].[Y]. The molecule has 0 aliphatic carbocycles. The first-order valence-electron chi connectivity index (χ1n) is 11.8. The van der Waals surface area contributed by atoms with Crippen LogP contribution in [0.5, 0.6) is 0 Å². The third kappa shape index (κ3) is 29.3. The zero-order chi connectivity index (χ0) is 25.1. The molecule has 0 spiro atoms. The maximum absolute atomic E-state index is 12.5. The van der Waals surface area contributed by atoms with Crippen molar-refractivity contribution in [2.45, 2.75) is 89.3 Å². The second-order valence-corrected chi connectivity index (χ2v) is 8.19. The van der Waals surface area contributed by atoms with Gasteiger partial charge in [0.1, 0.15) is 11.8 Å². The fourth-order valence-corrected chi connectivity index (χ4v) is 3.04. The third-order valence-corrected chi connectivity index (χ3v) is 5.10. The summed E-state index contributed by atoms with van der Waals surface area (Å²) in [6, 6.07) is -2.69. The zero-order valence-corrected chi connectivity index (χ0v) is 34.8. The van der Waals surface area contributed by atoms with Crippen LogP contribution in [0.15, 0.2) is 0 Å². The van der Waals surface area contributed by atoms with Gasteiger partial charge in [0.05, 0.1) is 0 Å². The standard InChI is InChI=1S/C22H41N7O4.2K.2Y/c1-16(30)11-15-28-22(33)19(29-21(32)18(26)9-3-6-13-24)10-4-7-14-27-20(31)17(25)8-2-5-12-23;;;;/h17-19,23-26H,2-15H2,1H3,(H,27,31)(H,28,33)(H,29,32);;;;/q-4;;;;/t17-,18-,19-;;;;/m0..../s1. The van der Waals surface area contributed by atoms with Gasteiger partial charge in [0, 0.05) is 188 Å². The second-order valence-electron chi connectivity index (χ2n) is 8.19. The van der Waals surface area contributed by atoms with Crippen LogP contribution in [0.4, 0.5) is 0 Å². The smallest absolute Gasteiger partial charge is 0.242 e. The molecule has 7 N–H and O–H groups in total. The second kappa shape index (κ2) is 33.9. The molecule has 11 nitrogen and oxygen atoms in total. The molecule has 4 radical (unpaired) electrons. The summed E-state index contributed by atoms with van der Waals surface area (Å²) in [7, 11) is 0. The van der Waals surface area contributed by atoms with Crippen LogP contribution >= 0.6 is 0 Å². The van der Waals surface area contributed by atoms with E-state index in [4.69, 9.17) is 22.9 Å². The molecule has 3 atom stereocenters. The summed E-state index contributed by atoms with van der Waals surface area (Å²) >= 11 is 0.